The maximum absolute atomic E-state index is 12.3. The molecule has 3 rings (SSSR count). The zero-order chi connectivity index (χ0) is 15.3. The Kier molecular flexibility index (Phi) is 3.75. The Labute approximate surface area is 142 Å². The summed E-state index contributed by atoms with van der Waals surface area (Å²) in [6.07, 6.45) is -0.379. The van der Waals surface area contributed by atoms with Crippen molar-refractivity contribution in [1.29, 1.82) is 0 Å². The average Bonchev–Trinajstić information content (AvgIpc) is 2.69. The fourth-order valence-corrected chi connectivity index (χ4v) is 4.61. The molecule has 0 aliphatic carbocycles. The van der Waals surface area contributed by atoms with Crippen LogP contribution in [0.5, 0.6) is 5.75 Å². The fraction of sp³-hybridized carbons (Fsp3) is 0.214. The molecule has 1 amide bonds. The Balaban J connectivity index is 2.04. The summed E-state index contributed by atoms with van der Waals surface area (Å²) in [6, 6.07) is 3.39. The van der Waals surface area contributed by atoms with Gasteiger partial charge in [0.15, 0.2) is 0 Å². The summed E-state index contributed by atoms with van der Waals surface area (Å²) in [6.45, 7) is 3.96. The standard InChI is InChI=1S/C14H12Br2N2O2S/c1-5-6(2)21-14-11(5)13(20)17-12(18-14)7-3-10(19)9(16)4-8(7)15/h3-4,12,18-19H,1-2H3,(H,17,20). The van der Waals surface area contributed by atoms with Crippen molar-refractivity contribution < 1.29 is 9.90 Å². The molecule has 0 radical (unpaired) electrons. The van der Waals surface area contributed by atoms with Crippen LogP contribution in [0.15, 0.2) is 21.1 Å². The molecule has 0 spiro atoms. The molecule has 1 unspecified atom stereocenters. The van der Waals surface area contributed by atoms with Gasteiger partial charge in [-0.3, -0.25) is 4.79 Å². The molecule has 21 heavy (non-hydrogen) atoms. The molecule has 1 aliphatic rings. The van der Waals surface area contributed by atoms with E-state index in [2.05, 4.69) is 42.5 Å². The largest absolute Gasteiger partial charge is 0.507 e. The van der Waals surface area contributed by atoms with Gasteiger partial charge in [-0.25, -0.2) is 0 Å². The summed E-state index contributed by atoms with van der Waals surface area (Å²) in [4.78, 5) is 13.5. The van der Waals surface area contributed by atoms with Gasteiger partial charge in [0.2, 0.25) is 0 Å². The van der Waals surface area contributed by atoms with Crippen molar-refractivity contribution in [2.75, 3.05) is 5.32 Å². The van der Waals surface area contributed by atoms with Crippen LogP contribution in [0.2, 0.25) is 0 Å². The van der Waals surface area contributed by atoms with E-state index < -0.39 is 0 Å². The number of anilines is 1. The molecule has 0 fully saturated rings. The number of hydrogen-bond acceptors (Lipinski definition) is 4. The van der Waals surface area contributed by atoms with Gasteiger partial charge in [0.1, 0.15) is 16.9 Å². The number of halogens is 2. The normalized spacial score (nSPS) is 17.1. The number of carbonyl (C=O) groups is 1. The third-order valence-corrected chi connectivity index (χ3v) is 6.00. The predicted molar refractivity (Wildman–Crippen MR) is 91.1 cm³/mol. The van der Waals surface area contributed by atoms with Crippen molar-refractivity contribution in [2.45, 2.75) is 20.0 Å². The molecule has 0 bridgehead atoms. The molecule has 3 N–H and O–H groups in total. The van der Waals surface area contributed by atoms with Crippen LogP contribution < -0.4 is 10.6 Å². The van der Waals surface area contributed by atoms with Crippen molar-refractivity contribution >= 4 is 54.1 Å². The molecule has 1 aromatic heterocycles. The number of fused-ring (bicyclic) bond motifs is 1. The number of benzene rings is 1. The lowest BCUT2D eigenvalue weighted by atomic mass is 10.1. The maximum Gasteiger partial charge on any atom is 0.256 e. The molecule has 110 valence electrons. The number of phenolic OH excluding ortho intramolecular Hbond substituents is 1. The lowest BCUT2D eigenvalue weighted by molar-refractivity contribution is 0.0935. The van der Waals surface area contributed by atoms with Crippen molar-refractivity contribution in [1.82, 2.24) is 5.32 Å². The molecule has 1 aliphatic heterocycles. The molecule has 2 aromatic rings. The zero-order valence-corrected chi connectivity index (χ0v) is 15.2. The second kappa shape index (κ2) is 5.30. The molecule has 1 aromatic carbocycles. The van der Waals surface area contributed by atoms with E-state index in [1.54, 1.807) is 23.5 Å². The van der Waals surface area contributed by atoms with E-state index in [1.165, 1.54) is 0 Å². The minimum atomic E-state index is -0.379. The van der Waals surface area contributed by atoms with Crippen LogP contribution in [0.3, 0.4) is 0 Å². The van der Waals surface area contributed by atoms with Gasteiger partial charge >= 0.3 is 0 Å². The third-order valence-electron chi connectivity index (χ3n) is 3.54. The van der Waals surface area contributed by atoms with Crippen LogP contribution in [-0.4, -0.2) is 11.0 Å². The lowest BCUT2D eigenvalue weighted by Crippen LogP contribution is -2.38. The number of carbonyl (C=O) groups excluding carboxylic acids is 1. The minimum absolute atomic E-state index is 0.0927. The van der Waals surface area contributed by atoms with Gasteiger partial charge in [-0.05, 0) is 47.5 Å². The maximum atomic E-state index is 12.3. The van der Waals surface area contributed by atoms with Crippen molar-refractivity contribution in [3.63, 3.8) is 0 Å². The van der Waals surface area contributed by atoms with Crippen LogP contribution in [0, 0.1) is 13.8 Å². The zero-order valence-electron chi connectivity index (χ0n) is 11.3. The number of rotatable bonds is 1. The smallest absolute Gasteiger partial charge is 0.256 e. The molecule has 0 saturated heterocycles. The summed E-state index contributed by atoms with van der Waals surface area (Å²) in [7, 11) is 0. The number of nitrogens with one attached hydrogen (secondary N) is 2. The van der Waals surface area contributed by atoms with Crippen LogP contribution in [0.1, 0.15) is 32.5 Å². The van der Waals surface area contributed by atoms with Crippen LogP contribution in [-0.2, 0) is 0 Å². The molecule has 1 atom stereocenters. The summed E-state index contributed by atoms with van der Waals surface area (Å²) in [5.74, 6) is 0.0403. The van der Waals surface area contributed by atoms with E-state index in [0.717, 1.165) is 25.5 Å². The van der Waals surface area contributed by atoms with Gasteiger partial charge in [0, 0.05) is 14.9 Å². The molecule has 0 saturated carbocycles. The Morgan fingerprint density at radius 1 is 1.19 bits per heavy atom. The average molecular weight is 432 g/mol. The highest BCUT2D eigenvalue weighted by molar-refractivity contribution is 9.11. The Morgan fingerprint density at radius 2 is 1.90 bits per heavy atom. The number of aryl methyl sites for hydroxylation is 1. The second-order valence-electron chi connectivity index (χ2n) is 4.86. The fourth-order valence-electron chi connectivity index (χ4n) is 2.30. The van der Waals surface area contributed by atoms with Gasteiger partial charge in [0.05, 0.1) is 10.0 Å². The molecular formula is C14H12Br2N2O2S. The van der Waals surface area contributed by atoms with E-state index in [4.69, 9.17) is 0 Å². The monoisotopic (exact) mass is 430 g/mol. The molecule has 2 heterocycles. The minimum Gasteiger partial charge on any atom is -0.507 e. The Hall–Kier alpha value is -1.05. The van der Waals surface area contributed by atoms with E-state index in [9.17, 15) is 9.90 Å². The number of amides is 1. The number of hydrogen-bond donors (Lipinski definition) is 3. The summed E-state index contributed by atoms with van der Waals surface area (Å²) >= 11 is 8.31. The van der Waals surface area contributed by atoms with Crippen molar-refractivity contribution in [3.8, 4) is 5.75 Å². The van der Waals surface area contributed by atoms with E-state index in [0.29, 0.717) is 10.0 Å². The van der Waals surface area contributed by atoms with Crippen LogP contribution in [0.4, 0.5) is 5.00 Å². The second-order valence-corrected chi connectivity index (χ2v) is 7.80. The van der Waals surface area contributed by atoms with Gasteiger partial charge < -0.3 is 15.7 Å². The summed E-state index contributed by atoms with van der Waals surface area (Å²) in [5.41, 5.74) is 2.50. The molecule has 7 heteroatoms. The van der Waals surface area contributed by atoms with Crippen molar-refractivity contribution in [3.05, 3.63) is 42.6 Å². The topological polar surface area (TPSA) is 61.4 Å². The summed E-state index contributed by atoms with van der Waals surface area (Å²) < 4.78 is 1.40. The first kappa shape index (κ1) is 14.9. The molecule has 4 nitrogen and oxygen atoms in total. The van der Waals surface area contributed by atoms with Crippen molar-refractivity contribution in [2.24, 2.45) is 0 Å². The van der Waals surface area contributed by atoms with Gasteiger partial charge in [-0.15, -0.1) is 11.3 Å². The first-order chi connectivity index (χ1) is 9.88. The van der Waals surface area contributed by atoms with Gasteiger partial charge in [-0.1, -0.05) is 15.9 Å². The van der Waals surface area contributed by atoms with E-state index in [1.807, 2.05) is 13.8 Å². The first-order valence-corrected chi connectivity index (χ1v) is 8.64. The van der Waals surface area contributed by atoms with Crippen LogP contribution >= 0.6 is 43.2 Å². The van der Waals surface area contributed by atoms with E-state index >= 15 is 0 Å². The first-order valence-electron chi connectivity index (χ1n) is 6.23. The lowest BCUT2D eigenvalue weighted by Gasteiger charge is -2.27. The summed E-state index contributed by atoms with van der Waals surface area (Å²) in [5, 5.41) is 17.0. The van der Waals surface area contributed by atoms with Crippen LogP contribution in [0.25, 0.3) is 0 Å². The highest BCUT2D eigenvalue weighted by Gasteiger charge is 2.30. The quantitative estimate of drug-likeness (QED) is 0.625. The van der Waals surface area contributed by atoms with Gasteiger partial charge in [0.25, 0.3) is 5.91 Å². The Bertz CT molecular complexity index is 758. The number of aromatic hydroxyl groups is 1. The molecular weight excluding hydrogens is 420 g/mol. The van der Waals surface area contributed by atoms with E-state index in [-0.39, 0.29) is 17.8 Å². The highest BCUT2D eigenvalue weighted by atomic mass is 79.9. The number of phenols is 1. The number of thiophene rings is 1. The third kappa shape index (κ3) is 2.47. The predicted octanol–water partition coefficient (Wildman–Crippen LogP) is 4.45. The SMILES string of the molecule is Cc1sc2c(c1C)C(=O)NC(c1cc(O)c(Br)cc1Br)N2. The Morgan fingerprint density at radius 3 is 2.62 bits per heavy atom. The highest BCUT2D eigenvalue weighted by Crippen LogP contribution is 2.40. The van der Waals surface area contributed by atoms with Gasteiger partial charge in [-0.2, -0.15) is 0 Å².